The molecule has 2 aromatic rings. The first-order valence-electron chi connectivity index (χ1n) is 7.20. The predicted octanol–water partition coefficient (Wildman–Crippen LogP) is 2.19. The molecular weight excluding hydrogens is 268 g/mol. The molecule has 1 aromatic carbocycles. The number of benzene rings is 1. The molecule has 0 bridgehead atoms. The highest BCUT2D eigenvalue weighted by molar-refractivity contribution is 5.92. The first-order valence-corrected chi connectivity index (χ1v) is 7.20. The van der Waals surface area contributed by atoms with E-state index in [0.717, 1.165) is 18.4 Å². The molecule has 1 N–H and O–H groups in total. The second-order valence-corrected chi connectivity index (χ2v) is 5.38. The normalized spacial score (nSPS) is 18.7. The van der Waals surface area contributed by atoms with Gasteiger partial charge in [0, 0.05) is 31.3 Å². The Morgan fingerprint density at radius 2 is 2.19 bits per heavy atom. The fraction of sp³-hybridized carbons (Fsp3) is 0.375. The Kier molecular flexibility index (Phi) is 4.01. The van der Waals surface area contributed by atoms with E-state index < -0.39 is 0 Å². The lowest BCUT2D eigenvalue weighted by molar-refractivity contribution is 0.0581. The van der Waals surface area contributed by atoms with Crippen LogP contribution >= 0.6 is 0 Å². The Morgan fingerprint density at radius 3 is 2.95 bits per heavy atom. The van der Waals surface area contributed by atoms with Gasteiger partial charge in [0.05, 0.1) is 0 Å². The minimum atomic E-state index is -0.150. The zero-order valence-electron chi connectivity index (χ0n) is 11.7. The third-order valence-electron chi connectivity index (χ3n) is 3.85. The largest absolute Gasteiger partial charge is 0.396 e. The maximum atomic E-state index is 12.4. The average molecular weight is 286 g/mol. The highest BCUT2D eigenvalue weighted by Crippen LogP contribution is 2.22. The van der Waals surface area contributed by atoms with Crippen LogP contribution in [0.2, 0.25) is 0 Å². The molecule has 21 heavy (non-hydrogen) atoms. The quantitative estimate of drug-likeness (QED) is 0.939. The fourth-order valence-corrected chi connectivity index (χ4v) is 2.68. The number of nitrogens with zero attached hydrogens (tertiary/aromatic N) is 2. The molecule has 0 spiro atoms. The van der Waals surface area contributed by atoms with E-state index in [1.165, 1.54) is 0 Å². The topological polar surface area (TPSA) is 66.6 Å². The van der Waals surface area contributed by atoms with Crippen LogP contribution < -0.4 is 0 Å². The monoisotopic (exact) mass is 286 g/mol. The smallest absolute Gasteiger partial charge is 0.292 e. The van der Waals surface area contributed by atoms with Crippen molar-refractivity contribution in [3.8, 4) is 11.3 Å². The van der Waals surface area contributed by atoms with Crippen LogP contribution in [0.1, 0.15) is 23.4 Å². The molecule has 1 atom stereocenters. The van der Waals surface area contributed by atoms with E-state index in [1.807, 2.05) is 30.3 Å². The Labute approximate surface area is 123 Å². The molecule has 1 amide bonds. The molecule has 1 fully saturated rings. The van der Waals surface area contributed by atoms with Crippen LogP contribution in [0.5, 0.6) is 0 Å². The van der Waals surface area contributed by atoms with E-state index in [9.17, 15) is 9.90 Å². The summed E-state index contributed by atoms with van der Waals surface area (Å²) in [6, 6.07) is 11.3. The van der Waals surface area contributed by atoms with Gasteiger partial charge in [-0.25, -0.2) is 0 Å². The van der Waals surface area contributed by atoms with Gasteiger partial charge in [-0.2, -0.15) is 0 Å². The molecular formula is C16H18N2O3. The van der Waals surface area contributed by atoms with E-state index in [4.69, 9.17) is 4.52 Å². The standard InChI is InChI=1S/C16H18N2O3/c19-11-12-5-4-8-18(10-12)16(20)15-9-14(17-21-15)13-6-2-1-3-7-13/h1-3,6-7,9,12,19H,4-5,8,10-11H2. The molecule has 5 nitrogen and oxygen atoms in total. The lowest BCUT2D eigenvalue weighted by Gasteiger charge is -2.30. The van der Waals surface area contributed by atoms with Gasteiger partial charge in [0.15, 0.2) is 0 Å². The van der Waals surface area contributed by atoms with Crippen molar-refractivity contribution in [2.75, 3.05) is 19.7 Å². The van der Waals surface area contributed by atoms with Crippen LogP contribution in [0.25, 0.3) is 11.3 Å². The van der Waals surface area contributed by atoms with Crippen molar-refractivity contribution in [1.82, 2.24) is 10.1 Å². The fourth-order valence-electron chi connectivity index (χ4n) is 2.68. The average Bonchev–Trinajstić information content (AvgIpc) is 3.05. The van der Waals surface area contributed by atoms with Gasteiger partial charge in [0.2, 0.25) is 5.76 Å². The Hall–Kier alpha value is -2.14. The van der Waals surface area contributed by atoms with E-state index >= 15 is 0 Å². The SMILES string of the molecule is O=C(c1cc(-c2ccccc2)no1)N1CCCC(CO)C1. The second-order valence-electron chi connectivity index (χ2n) is 5.38. The number of carbonyl (C=O) groups is 1. The number of amides is 1. The third kappa shape index (κ3) is 2.97. The van der Waals surface area contributed by atoms with Crippen molar-refractivity contribution >= 4 is 5.91 Å². The summed E-state index contributed by atoms with van der Waals surface area (Å²) >= 11 is 0. The number of aromatic nitrogens is 1. The van der Waals surface area contributed by atoms with Crippen molar-refractivity contribution in [3.05, 3.63) is 42.2 Å². The molecule has 0 aliphatic carbocycles. The van der Waals surface area contributed by atoms with Gasteiger partial charge in [-0.05, 0) is 18.8 Å². The van der Waals surface area contributed by atoms with Crippen LogP contribution in [-0.4, -0.2) is 40.8 Å². The zero-order chi connectivity index (χ0) is 14.7. The minimum Gasteiger partial charge on any atom is -0.396 e. The Bertz CT molecular complexity index is 609. The number of aliphatic hydroxyl groups is 1. The van der Waals surface area contributed by atoms with E-state index in [2.05, 4.69) is 5.16 Å². The van der Waals surface area contributed by atoms with E-state index in [1.54, 1.807) is 11.0 Å². The first kappa shape index (κ1) is 13.8. The highest BCUT2D eigenvalue weighted by atomic mass is 16.5. The van der Waals surface area contributed by atoms with Crippen molar-refractivity contribution < 1.29 is 14.4 Å². The molecule has 3 rings (SSSR count). The van der Waals surface area contributed by atoms with Crippen molar-refractivity contribution in [2.45, 2.75) is 12.8 Å². The second kappa shape index (κ2) is 6.10. The Balaban J connectivity index is 1.75. The molecule has 110 valence electrons. The number of likely N-dealkylation sites (tertiary alicyclic amines) is 1. The van der Waals surface area contributed by atoms with Crippen LogP contribution in [0.4, 0.5) is 0 Å². The van der Waals surface area contributed by atoms with Gasteiger partial charge >= 0.3 is 0 Å². The lowest BCUT2D eigenvalue weighted by atomic mass is 9.99. The van der Waals surface area contributed by atoms with Crippen molar-refractivity contribution in [1.29, 1.82) is 0 Å². The summed E-state index contributed by atoms with van der Waals surface area (Å²) in [6.45, 7) is 1.41. The summed E-state index contributed by atoms with van der Waals surface area (Å²) in [6.07, 6.45) is 1.88. The van der Waals surface area contributed by atoms with Gasteiger partial charge in [0.25, 0.3) is 5.91 Å². The summed E-state index contributed by atoms with van der Waals surface area (Å²) < 4.78 is 5.20. The Morgan fingerprint density at radius 1 is 1.38 bits per heavy atom. The summed E-state index contributed by atoms with van der Waals surface area (Å²) in [5.74, 6) is 0.273. The van der Waals surface area contributed by atoms with Crippen LogP contribution in [0.3, 0.4) is 0 Å². The van der Waals surface area contributed by atoms with E-state index in [0.29, 0.717) is 18.8 Å². The van der Waals surface area contributed by atoms with Gasteiger partial charge in [-0.1, -0.05) is 35.5 Å². The van der Waals surface area contributed by atoms with Crippen LogP contribution in [0, 0.1) is 5.92 Å². The molecule has 5 heteroatoms. The predicted molar refractivity (Wildman–Crippen MR) is 77.7 cm³/mol. The summed E-state index contributed by atoms with van der Waals surface area (Å²) in [4.78, 5) is 14.2. The number of hydrogen-bond acceptors (Lipinski definition) is 4. The molecule has 1 unspecified atom stereocenters. The highest BCUT2D eigenvalue weighted by Gasteiger charge is 2.26. The number of carbonyl (C=O) groups excluding carboxylic acids is 1. The molecule has 1 aromatic heterocycles. The maximum absolute atomic E-state index is 12.4. The minimum absolute atomic E-state index is 0.120. The molecule has 1 saturated heterocycles. The number of rotatable bonds is 3. The summed E-state index contributed by atoms with van der Waals surface area (Å²) in [5.41, 5.74) is 1.59. The third-order valence-corrected chi connectivity index (χ3v) is 3.85. The summed E-state index contributed by atoms with van der Waals surface area (Å²) in [7, 11) is 0. The van der Waals surface area contributed by atoms with Crippen LogP contribution in [-0.2, 0) is 0 Å². The molecule has 0 radical (unpaired) electrons. The first-order chi connectivity index (χ1) is 10.3. The molecule has 1 aliphatic rings. The van der Waals surface area contributed by atoms with Crippen molar-refractivity contribution in [2.24, 2.45) is 5.92 Å². The lowest BCUT2D eigenvalue weighted by Crippen LogP contribution is -2.40. The molecule has 0 saturated carbocycles. The van der Waals surface area contributed by atoms with Gasteiger partial charge in [-0.3, -0.25) is 4.79 Å². The van der Waals surface area contributed by atoms with Gasteiger partial charge in [-0.15, -0.1) is 0 Å². The summed E-state index contributed by atoms with van der Waals surface area (Å²) in [5, 5.41) is 13.2. The zero-order valence-corrected chi connectivity index (χ0v) is 11.7. The molecule has 1 aliphatic heterocycles. The van der Waals surface area contributed by atoms with E-state index in [-0.39, 0.29) is 24.2 Å². The van der Waals surface area contributed by atoms with Crippen LogP contribution in [0.15, 0.2) is 40.9 Å². The number of aliphatic hydroxyl groups excluding tert-OH is 1. The molecule has 2 heterocycles. The van der Waals surface area contributed by atoms with Gasteiger partial charge in [0.1, 0.15) is 5.69 Å². The van der Waals surface area contributed by atoms with Gasteiger partial charge < -0.3 is 14.5 Å². The maximum Gasteiger partial charge on any atom is 0.292 e. The number of piperidine rings is 1. The number of hydrogen-bond donors (Lipinski definition) is 1. The van der Waals surface area contributed by atoms with Crippen molar-refractivity contribution in [3.63, 3.8) is 0 Å².